The summed E-state index contributed by atoms with van der Waals surface area (Å²) in [4.78, 5) is 23.9. The molecule has 0 saturated carbocycles. The summed E-state index contributed by atoms with van der Waals surface area (Å²) >= 11 is 3.36. The Labute approximate surface area is 142 Å². The van der Waals surface area contributed by atoms with E-state index < -0.39 is 6.04 Å². The van der Waals surface area contributed by atoms with Crippen molar-refractivity contribution in [3.8, 4) is 0 Å². The van der Waals surface area contributed by atoms with Crippen molar-refractivity contribution in [3.63, 3.8) is 0 Å². The van der Waals surface area contributed by atoms with E-state index >= 15 is 0 Å². The van der Waals surface area contributed by atoms with Crippen LogP contribution in [0, 0.1) is 0 Å². The summed E-state index contributed by atoms with van der Waals surface area (Å²) in [5.74, 6) is -0.690. The maximum atomic E-state index is 12.0. The van der Waals surface area contributed by atoms with E-state index in [1.54, 1.807) is 31.2 Å². The monoisotopic (exact) mass is 373 g/mol. The molecule has 1 atom stereocenters. The fourth-order valence-electron chi connectivity index (χ4n) is 1.79. The Morgan fingerprint density at radius 1 is 1.13 bits per heavy atom. The summed E-state index contributed by atoms with van der Waals surface area (Å²) in [6, 6.07) is 15.5. The maximum absolute atomic E-state index is 12.0. The van der Waals surface area contributed by atoms with Gasteiger partial charge in [-0.3, -0.25) is 9.59 Å². The van der Waals surface area contributed by atoms with Gasteiger partial charge in [-0.15, -0.1) is 0 Å². The topological polar surface area (TPSA) is 70.6 Å². The Bertz CT molecular complexity index is 717. The van der Waals surface area contributed by atoms with Crippen molar-refractivity contribution >= 4 is 34.0 Å². The fraction of sp³-hybridized carbons (Fsp3) is 0.118. The SMILES string of the molecule is CC(NC(=O)c1ccccc1)C(=O)N/N=C/c1cccc(Br)c1. The van der Waals surface area contributed by atoms with E-state index in [1.165, 1.54) is 6.21 Å². The first-order valence-electron chi connectivity index (χ1n) is 7.00. The molecule has 5 nitrogen and oxygen atoms in total. The highest BCUT2D eigenvalue weighted by atomic mass is 79.9. The number of carbonyl (C=O) groups is 2. The van der Waals surface area contributed by atoms with Crippen molar-refractivity contribution in [3.05, 3.63) is 70.2 Å². The number of benzene rings is 2. The predicted molar refractivity (Wildman–Crippen MR) is 93.2 cm³/mol. The minimum atomic E-state index is -0.692. The molecule has 6 heteroatoms. The van der Waals surface area contributed by atoms with Gasteiger partial charge in [0.1, 0.15) is 6.04 Å². The molecule has 1 unspecified atom stereocenters. The van der Waals surface area contributed by atoms with Gasteiger partial charge in [0, 0.05) is 10.0 Å². The van der Waals surface area contributed by atoms with Gasteiger partial charge in [-0.05, 0) is 36.8 Å². The summed E-state index contributed by atoms with van der Waals surface area (Å²) in [6.07, 6.45) is 1.54. The van der Waals surface area contributed by atoms with Crippen LogP contribution in [0.4, 0.5) is 0 Å². The molecule has 0 bridgehead atoms. The number of nitrogens with zero attached hydrogens (tertiary/aromatic N) is 1. The Hall–Kier alpha value is -2.47. The second kappa shape index (κ2) is 8.24. The van der Waals surface area contributed by atoms with Crippen molar-refractivity contribution in [1.29, 1.82) is 0 Å². The van der Waals surface area contributed by atoms with Crippen molar-refractivity contribution in [1.82, 2.24) is 10.7 Å². The van der Waals surface area contributed by atoms with Crippen LogP contribution in [0.15, 0.2) is 64.2 Å². The lowest BCUT2D eigenvalue weighted by Gasteiger charge is -2.12. The second-order valence-corrected chi connectivity index (χ2v) is 5.77. The summed E-state index contributed by atoms with van der Waals surface area (Å²) in [7, 11) is 0. The van der Waals surface area contributed by atoms with E-state index in [9.17, 15) is 9.59 Å². The standard InChI is InChI=1S/C17H16BrN3O2/c1-12(20-17(23)14-7-3-2-4-8-14)16(22)21-19-11-13-6-5-9-15(18)10-13/h2-12H,1H3,(H,20,23)(H,21,22)/b19-11+. The largest absolute Gasteiger partial charge is 0.340 e. The molecule has 2 rings (SSSR count). The van der Waals surface area contributed by atoms with Crippen LogP contribution in [0.25, 0.3) is 0 Å². The molecular formula is C17H16BrN3O2. The minimum Gasteiger partial charge on any atom is -0.340 e. The molecular weight excluding hydrogens is 358 g/mol. The van der Waals surface area contributed by atoms with Crippen LogP contribution in [0.2, 0.25) is 0 Å². The average molecular weight is 374 g/mol. The second-order valence-electron chi connectivity index (χ2n) is 4.85. The van der Waals surface area contributed by atoms with Crippen LogP contribution in [-0.2, 0) is 4.79 Å². The maximum Gasteiger partial charge on any atom is 0.262 e. The summed E-state index contributed by atoms with van der Waals surface area (Å²) in [5, 5.41) is 6.51. The van der Waals surface area contributed by atoms with Crippen LogP contribution >= 0.6 is 15.9 Å². The van der Waals surface area contributed by atoms with Crippen LogP contribution < -0.4 is 10.7 Å². The number of hydrogen-bond acceptors (Lipinski definition) is 3. The summed E-state index contributed by atoms with van der Waals surface area (Å²) in [5.41, 5.74) is 3.76. The lowest BCUT2D eigenvalue weighted by Crippen LogP contribution is -2.43. The van der Waals surface area contributed by atoms with Crippen molar-refractivity contribution in [2.24, 2.45) is 5.10 Å². The van der Waals surface area contributed by atoms with Gasteiger partial charge in [0.25, 0.3) is 11.8 Å². The lowest BCUT2D eigenvalue weighted by molar-refractivity contribution is -0.122. The Morgan fingerprint density at radius 3 is 2.57 bits per heavy atom. The number of amides is 2. The predicted octanol–water partition coefficient (Wildman–Crippen LogP) is 2.72. The molecule has 23 heavy (non-hydrogen) atoms. The Kier molecular flexibility index (Phi) is 6.05. The van der Waals surface area contributed by atoms with E-state index in [0.717, 1.165) is 10.0 Å². The van der Waals surface area contributed by atoms with Crippen LogP contribution in [0.3, 0.4) is 0 Å². The van der Waals surface area contributed by atoms with E-state index in [2.05, 4.69) is 31.8 Å². The fourth-order valence-corrected chi connectivity index (χ4v) is 2.21. The first-order chi connectivity index (χ1) is 11.1. The minimum absolute atomic E-state index is 0.302. The van der Waals surface area contributed by atoms with E-state index in [4.69, 9.17) is 0 Å². The molecule has 0 aliphatic heterocycles. The molecule has 0 radical (unpaired) electrons. The first kappa shape index (κ1) is 16.9. The number of halogens is 1. The molecule has 118 valence electrons. The van der Waals surface area contributed by atoms with Gasteiger partial charge < -0.3 is 5.32 Å². The summed E-state index contributed by atoms with van der Waals surface area (Å²) in [6.45, 7) is 1.60. The Balaban J connectivity index is 1.86. The van der Waals surface area contributed by atoms with Gasteiger partial charge in [-0.1, -0.05) is 46.3 Å². The van der Waals surface area contributed by atoms with Crippen molar-refractivity contribution in [2.45, 2.75) is 13.0 Å². The van der Waals surface area contributed by atoms with Gasteiger partial charge >= 0.3 is 0 Å². The van der Waals surface area contributed by atoms with Gasteiger partial charge in [-0.25, -0.2) is 5.43 Å². The van der Waals surface area contributed by atoms with Crippen LogP contribution in [-0.4, -0.2) is 24.1 Å². The van der Waals surface area contributed by atoms with E-state index in [0.29, 0.717) is 5.56 Å². The average Bonchev–Trinajstić information content (AvgIpc) is 2.55. The van der Waals surface area contributed by atoms with Gasteiger partial charge in [0.05, 0.1) is 6.21 Å². The van der Waals surface area contributed by atoms with E-state index in [-0.39, 0.29) is 11.8 Å². The number of rotatable bonds is 5. The number of hydrogen-bond donors (Lipinski definition) is 2. The molecule has 0 aromatic heterocycles. The zero-order chi connectivity index (χ0) is 16.7. The third-order valence-electron chi connectivity index (χ3n) is 3.01. The molecule has 2 aromatic carbocycles. The highest BCUT2D eigenvalue weighted by Crippen LogP contribution is 2.09. The third kappa shape index (κ3) is 5.34. The number of carbonyl (C=O) groups excluding carboxylic acids is 2. The van der Waals surface area contributed by atoms with Gasteiger partial charge in [-0.2, -0.15) is 5.10 Å². The lowest BCUT2D eigenvalue weighted by atomic mass is 10.2. The zero-order valence-corrected chi connectivity index (χ0v) is 14.1. The highest BCUT2D eigenvalue weighted by Gasteiger charge is 2.15. The molecule has 2 N–H and O–H groups in total. The van der Waals surface area contributed by atoms with Gasteiger partial charge in [0.15, 0.2) is 0 Å². The molecule has 0 spiro atoms. The third-order valence-corrected chi connectivity index (χ3v) is 3.51. The first-order valence-corrected chi connectivity index (χ1v) is 7.80. The molecule has 0 saturated heterocycles. The van der Waals surface area contributed by atoms with Crippen molar-refractivity contribution < 1.29 is 9.59 Å². The molecule has 2 amide bonds. The van der Waals surface area contributed by atoms with Crippen molar-refractivity contribution in [2.75, 3.05) is 0 Å². The number of hydrazone groups is 1. The molecule has 0 heterocycles. The molecule has 0 fully saturated rings. The van der Waals surface area contributed by atoms with Crippen LogP contribution in [0.1, 0.15) is 22.8 Å². The van der Waals surface area contributed by atoms with Gasteiger partial charge in [0.2, 0.25) is 0 Å². The molecule has 0 aliphatic carbocycles. The quantitative estimate of drug-likeness (QED) is 0.624. The normalized spacial score (nSPS) is 11.9. The molecule has 2 aromatic rings. The smallest absolute Gasteiger partial charge is 0.262 e. The van der Waals surface area contributed by atoms with E-state index in [1.807, 2.05) is 30.3 Å². The number of nitrogens with one attached hydrogen (secondary N) is 2. The highest BCUT2D eigenvalue weighted by molar-refractivity contribution is 9.10. The molecule has 0 aliphatic rings. The summed E-state index contributed by atoms with van der Waals surface area (Å²) < 4.78 is 0.927. The van der Waals surface area contributed by atoms with Crippen LogP contribution in [0.5, 0.6) is 0 Å². The zero-order valence-electron chi connectivity index (χ0n) is 12.5. The Morgan fingerprint density at radius 2 is 1.87 bits per heavy atom.